The largest absolute Gasteiger partial charge is 0.314 e. The molecule has 1 N–H and O–H groups in total. The zero-order valence-corrected chi connectivity index (χ0v) is 6.82. The Morgan fingerprint density at radius 2 is 2.08 bits per heavy atom. The van der Waals surface area contributed by atoms with Crippen LogP contribution in [0.1, 0.15) is 6.92 Å². The van der Waals surface area contributed by atoms with Crippen molar-refractivity contribution in [3.8, 4) is 0 Å². The highest BCUT2D eigenvalue weighted by Gasteiger charge is 2.26. The van der Waals surface area contributed by atoms with Gasteiger partial charge in [-0.1, -0.05) is 6.92 Å². The molecule has 2 unspecified atom stereocenters. The molecule has 0 spiro atoms. The van der Waals surface area contributed by atoms with Gasteiger partial charge in [-0.15, -0.1) is 0 Å². The topological polar surface area (TPSA) is 29.1 Å². The maximum Gasteiger partial charge on any atom is 0.200 e. The number of ketones is 1. The molecular formula is C7H12F3NO. The van der Waals surface area contributed by atoms with Crippen LogP contribution in [-0.4, -0.2) is 37.9 Å². The van der Waals surface area contributed by atoms with E-state index in [-0.39, 0.29) is 6.54 Å². The second-order valence-corrected chi connectivity index (χ2v) is 2.33. The van der Waals surface area contributed by atoms with Crippen LogP contribution >= 0.6 is 0 Å². The third kappa shape index (κ3) is 3.71. The van der Waals surface area contributed by atoms with Crippen molar-refractivity contribution in [3.63, 3.8) is 0 Å². The lowest BCUT2D eigenvalue weighted by Crippen LogP contribution is -2.36. The maximum absolute atomic E-state index is 12.6. The summed E-state index contributed by atoms with van der Waals surface area (Å²) in [6, 6.07) is 0. The summed E-state index contributed by atoms with van der Waals surface area (Å²) in [6.45, 7) is 0.491. The van der Waals surface area contributed by atoms with Crippen molar-refractivity contribution >= 4 is 5.78 Å². The Kier molecular flexibility index (Phi) is 5.70. The Labute approximate surface area is 69.1 Å². The first-order chi connectivity index (χ1) is 5.63. The standard InChI is InChI=1S/C7H12F3NO/c1-2-11-4-5(9)7(10)6(12)3-8/h5,7,11H,2-4H2,1H3. The third-order valence-corrected chi connectivity index (χ3v) is 1.35. The minimum absolute atomic E-state index is 0.261. The van der Waals surface area contributed by atoms with Crippen molar-refractivity contribution in [2.24, 2.45) is 0 Å². The van der Waals surface area contributed by atoms with Gasteiger partial charge < -0.3 is 5.32 Å². The smallest absolute Gasteiger partial charge is 0.200 e. The lowest BCUT2D eigenvalue weighted by molar-refractivity contribution is -0.126. The number of carbonyl (C=O) groups is 1. The van der Waals surface area contributed by atoms with Gasteiger partial charge in [-0.3, -0.25) is 4.79 Å². The molecule has 0 aromatic heterocycles. The minimum atomic E-state index is -2.34. The first-order valence-corrected chi connectivity index (χ1v) is 3.71. The summed E-state index contributed by atoms with van der Waals surface area (Å²) in [5.74, 6) is -1.33. The minimum Gasteiger partial charge on any atom is -0.314 e. The van der Waals surface area contributed by atoms with Crippen LogP contribution in [0.4, 0.5) is 13.2 Å². The normalized spacial score (nSPS) is 15.7. The van der Waals surface area contributed by atoms with E-state index >= 15 is 0 Å². The van der Waals surface area contributed by atoms with Crippen molar-refractivity contribution < 1.29 is 18.0 Å². The van der Waals surface area contributed by atoms with Gasteiger partial charge in [-0.2, -0.15) is 0 Å². The van der Waals surface area contributed by atoms with E-state index in [0.717, 1.165) is 0 Å². The molecule has 0 aromatic rings. The summed E-state index contributed by atoms with van der Waals surface area (Å²) >= 11 is 0. The van der Waals surface area contributed by atoms with Gasteiger partial charge in [0, 0.05) is 6.54 Å². The van der Waals surface area contributed by atoms with Crippen molar-refractivity contribution in [1.29, 1.82) is 0 Å². The molecule has 2 nitrogen and oxygen atoms in total. The molecule has 72 valence electrons. The molecule has 0 amide bonds. The Morgan fingerprint density at radius 3 is 2.50 bits per heavy atom. The van der Waals surface area contributed by atoms with Crippen LogP contribution in [0.2, 0.25) is 0 Å². The zero-order chi connectivity index (χ0) is 9.56. The molecule has 0 heterocycles. The van der Waals surface area contributed by atoms with Crippen molar-refractivity contribution in [3.05, 3.63) is 0 Å². The monoisotopic (exact) mass is 183 g/mol. The molecule has 0 saturated heterocycles. The van der Waals surface area contributed by atoms with E-state index in [9.17, 15) is 18.0 Å². The number of halogens is 3. The average Bonchev–Trinajstić information content (AvgIpc) is 2.11. The summed E-state index contributed by atoms with van der Waals surface area (Å²) in [4.78, 5) is 10.3. The van der Waals surface area contributed by atoms with Gasteiger partial charge in [0.1, 0.15) is 0 Å². The molecule has 0 aromatic carbocycles. The van der Waals surface area contributed by atoms with Crippen molar-refractivity contribution in [2.45, 2.75) is 19.3 Å². The highest BCUT2D eigenvalue weighted by Crippen LogP contribution is 2.04. The van der Waals surface area contributed by atoms with Crippen molar-refractivity contribution in [1.82, 2.24) is 5.32 Å². The van der Waals surface area contributed by atoms with Crippen LogP contribution in [0.3, 0.4) is 0 Å². The summed E-state index contributed by atoms with van der Waals surface area (Å²) in [5.41, 5.74) is 0. The molecule has 0 fully saturated rings. The Balaban J connectivity index is 3.75. The number of nitrogens with one attached hydrogen (secondary N) is 1. The van der Waals surface area contributed by atoms with Gasteiger partial charge in [0.25, 0.3) is 0 Å². The Morgan fingerprint density at radius 1 is 1.50 bits per heavy atom. The number of alkyl halides is 3. The van der Waals surface area contributed by atoms with Crippen LogP contribution < -0.4 is 5.32 Å². The average molecular weight is 183 g/mol. The second-order valence-electron chi connectivity index (χ2n) is 2.33. The number of rotatable bonds is 6. The van der Waals surface area contributed by atoms with E-state index in [0.29, 0.717) is 6.54 Å². The molecule has 5 heteroatoms. The van der Waals surface area contributed by atoms with E-state index in [4.69, 9.17) is 0 Å². The summed E-state index contributed by atoms with van der Waals surface area (Å²) in [6.07, 6.45) is -4.29. The third-order valence-electron chi connectivity index (χ3n) is 1.35. The predicted molar refractivity (Wildman–Crippen MR) is 39.3 cm³/mol. The van der Waals surface area contributed by atoms with Gasteiger partial charge in [0.05, 0.1) is 0 Å². The summed E-state index contributed by atoms with van der Waals surface area (Å²) < 4.78 is 36.6. The molecule has 12 heavy (non-hydrogen) atoms. The number of Topliss-reactive ketones (excluding diaryl/α,β-unsaturated/α-hetero) is 1. The van der Waals surface area contributed by atoms with Crippen LogP contribution in [0, 0.1) is 0 Å². The maximum atomic E-state index is 12.6. The van der Waals surface area contributed by atoms with Crippen LogP contribution in [0.5, 0.6) is 0 Å². The molecule has 0 aliphatic rings. The molecular weight excluding hydrogens is 171 g/mol. The van der Waals surface area contributed by atoms with E-state index in [1.54, 1.807) is 6.92 Å². The molecule has 0 radical (unpaired) electrons. The van der Waals surface area contributed by atoms with Gasteiger partial charge >= 0.3 is 0 Å². The summed E-state index contributed by atoms with van der Waals surface area (Å²) in [5, 5.41) is 2.52. The first kappa shape index (κ1) is 11.4. The Bertz CT molecular complexity index is 143. The van der Waals surface area contributed by atoms with Crippen molar-refractivity contribution in [2.75, 3.05) is 19.8 Å². The molecule has 0 bridgehead atoms. The fourth-order valence-corrected chi connectivity index (χ4v) is 0.661. The highest BCUT2D eigenvalue weighted by atomic mass is 19.2. The summed E-state index contributed by atoms with van der Waals surface area (Å²) in [7, 11) is 0. The van der Waals surface area contributed by atoms with Crippen LogP contribution in [0.15, 0.2) is 0 Å². The molecule has 0 aliphatic carbocycles. The van der Waals surface area contributed by atoms with E-state index in [1.165, 1.54) is 0 Å². The first-order valence-electron chi connectivity index (χ1n) is 3.71. The van der Waals surface area contributed by atoms with Crippen LogP contribution in [0.25, 0.3) is 0 Å². The van der Waals surface area contributed by atoms with Gasteiger partial charge in [-0.05, 0) is 6.54 Å². The quantitative estimate of drug-likeness (QED) is 0.660. The molecule has 0 rings (SSSR count). The second kappa shape index (κ2) is 5.99. The SMILES string of the molecule is CCNCC(F)C(F)C(=O)CF. The fourth-order valence-electron chi connectivity index (χ4n) is 0.661. The number of hydrogen-bond acceptors (Lipinski definition) is 2. The lowest BCUT2D eigenvalue weighted by atomic mass is 10.2. The fraction of sp³-hybridized carbons (Fsp3) is 0.857. The van der Waals surface area contributed by atoms with E-state index < -0.39 is 24.8 Å². The molecule has 2 atom stereocenters. The Hall–Kier alpha value is -0.580. The number of carbonyl (C=O) groups excluding carboxylic acids is 1. The van der Waals surface area contributed by atoms with Gasteiger partial charge in [0.15, 0.2) is 19.0 Å². The van der Waals surface area contributed by atoms with Gasteiger partial charge in [0.2, 0.25) is 5.78 Å². The van der Waals surface area contributed by atoms with E-state index in [1.807, 2.05) is 0 Å². The molecule has 0 saturated carbocycles. The zero-order valence-electron chi connectivity index (χ0n) is 6.82. The van der Waals surface area contributed by atoms with Gasteiger partial charge in [-0.25, -0.2) is 13.2 Å². The molecule has 0 aliphatic heterocycles. The predicted octanol–water partition coefficient (Wildman–Crippen LogP) is 0.811. The van der Waals surface area contributed by atoms with E-state index in [2.05, 4.69) is 5.32 Å². The van der Waals surface area contributed by atoms with Crippen LogP contribution in [-0.2, 0) is 4.79 Å². The highest BCUT2D eigenvalue weighted by molar-refractivity contribution is 5.84. The lowest BCUT2D eigenvalue weighted by Gasteiger charge is -2.10. The number of hydrogen-bond donors (Lipinski definition) is 1.